The molecular weight excluding hydrogens is 248 g/mol. The minimum absolute atomic E-state index is 0.654. The van der Waals surface area contributed by atoms with E-state index < -0.39 is 5.60 Å². The molecule has 20 heavy (non-hydrogen) atoms. The Morgan fingerprint density at radius 2 is 2.00 bits per heavy atom. The van der Waals surface area contributed by atoms with Crippen LogP contribution in [0.15, 0.2) is 30.5 Å². The highest BCUT2D eigenvalue weighted by Crippen LogP contribution is 2.34. The molecule has 2 N–H and O–H groups in total. The summed E-state index contributed by atoms with van der Waals surface area (Å²) in [5.41, 5.74) is 1.54. The Balaban J connectivity index is 1.76. The molecule has 1 fully saturated rings. The van der Waals surface area contributed by atoms with Crippen molar-refractivity contribution in [2.24, 2.45) is 5.92 Å². The summed E-state index contributed by atoms with van der Waals surface area (Å²) in [5, 5.41) is 12.1. The van der Waals surface area contributed by atoms with Gasteiger partial charge in [-0.25, -0.2) is 0 Å². The van der Waals surface area contributed by atoms with E-state index in [0.717, 1.165) is 43.6 Å². The highest BCUT2D eigenvalue weighted by molar-refractivity contribution is 5.80. The van der Waals surface area contributed by atoms with E-state index in [-0.39, 0.29) is 0 Å². The van der Waals surface area contributed by atoms with Crippen molar-refractivity contribution in [2.45, 2.75) is 32.3 Å². The molecule has 0 radical (unpaired) electrons. The van der Waals surface area contributed by atoms with Crippen LogP contribution >= 0.6 is 0 Å². The van der Waals surface area contributed by atoms with E-state index in [9.17, 15) is 5.11 Å². The average molecular weight is 272 g/mol. The van der Waals surface area contributed by atoms with Gasteiger partial charge in [0.05, 0.1) is 5.60 Å². The second-order valence-electron chi connectivity index (χ2n) is 6.51. The first-order valence-electron chi connectivity index (χ1n) is 7.59. The summed E-state index contributed by atoms with van der Waals surface area (Å²) < 4.78 is 0. The molecule has 2 heterocycles. The fourth-order valence-electron chi connectivity index (χ4n) is 3.25. The maximum atomic E-state index is 11.0. The van der Waals surface area contributed by atoms with Crippen LogP contribution in [0.2, 0.25) is 0 Å². The van der Waals surface area contributed by atoms with E-state index >= 15 is 0 Å². The zero-order valence-corrected chi connectivity index (χ0v) is 12.4. The third kappa shape index (κ3) is 2.60. The lowest BCUT2D eigenvalue weighted by atomic mass is 9.84. The maximum Gasteiger partial charge on any atom is 0.0921 e. The Bertz CT molecular complexity index is 579. The molecule has 2 aromatic rings. The van der Waals surface area contributed by atoms with E-state index in [2.05, 4.69) is 48.0 Å². The molecule has 108 valence electrons. The number of aromatic nitrogens is 1. The molecule has 1 aromatic carbocycles. The van der Waals surface area contributed by atoms with Crippen LogP contribution in [-0.4, -0.2) is 34.6 Å². The van der Waals surface area contributed by atoms with Crippen LogP contribution in [0, 0.1) is 5.92 Å². The Kier molecular flexibility index (Phi) is 3.57. The molecule has 0 spiro atoms. The number of hydrogen-bond acceptors (Lipinski definition) is 2. The first-order valence-corrected chi connectivity index (χ1v) is 7.59. The number of likely N-dealkylation sites (tertiary alicyclic amines) is 1. The fraction of sp³-hybridized carbons (Fsp3) is 0.529. The molecule has 0 atom stereocenters. The number of nitrogens with one attached hydrogen (secondary N) is 1. The smallest absolute Gasteiger partial charge is 0.0921 e. The molecule has 0 unspecified atom stereocenters. The second-order valence-corrected chi connectivity index (χ2v) is 6.51. The van der Waals surface area contributed by atoms with Gasteiger partial charge in [-0.3, -0.25) is 0 Å². The maximum absolute atomic E-state index is 11.0. The summed E-state index contributed by atoms with van der Waals surface area (Å²) in [6, 6.07) is 8.33. The predicted molar refractivity (Wildman–Crippen MR) is 82.7 cm³/mol. The molecule has 1 aliphatic heterocycles. The third-order valence-corrected chi connectivity index (χ3v) is 4.40. The van der Waals surface area contributed by atoms with Gasteiger partial charge >= 0.3 is 0 Å². The molecule has 3 heteroatoms. The van der Waals surface area contributed by atoms with Crippen molar-refractivity contribution < 1.29 is 5.11 Å². The molecule has 0 amide bonds. The van der Waals surface area contributed by atoms with Gasteiger partial charge in [-0.1, -0.05) is 19.9 Å². The predicted octanol–water partition coefficient (Wildman–Crippen LogP) is 3.11. The van der Waals surface area contributed by atoms with Gasteiger partial charge in [0.15, 0.2) is 0 Å². The normalized spacial score (nSPS) is 19.8. The summed E-state index contributed by atoms with van der Waals surface area (Å²) in [4.78, 5) is 5.67. The Labute approximate surface area is 120 Å². The molecule has 1 aromatic heterocycles. The summed E-state index contributed by atoms with van der Waals surface area (Å²) in [6.07, 6.45) is 3.61. The number of aliphatic hydroxyl groups is 1. The lowest BCUT2D eigenvalue weighted by Gasteiger charge is -2.39. The van der Waals surface area contributed by atoms with E-state index in [4.69, 9.17) is 0 Å². The number of aromatic amines is 1. The zero-order chi connectivity index (χ0) is 14.2. The lowest BCUT2D eigenvalue weighted by Crippen LogP contribution is -2.43. The number of benzene rings is 1. The molecule has 0 aliphatic carbocycles. The lowest BCUT2D eigenvalue weighted by molar-refractivity contribution is -0.0278. The first kappa shape index (κ1) is 13.7. The van der Waals surface area contributed by atoms with Gasteiger partial charge in [0.2, 0.25) is 0 Å². The minimum atomic E-state index is -0.654. The van der Waals surface area contributed by atoms with E-state index in [1.807, 2.05) is 6.20 Å². The number of rotatable bonds is 3. The van der Waals surface area contributed by atoms with Crippen LogP contribution < -0.4 is 0 Å². The second kappa shape index (κ2) is 5.23. The van der Waals surface area contributed by atoms with Crippen molar-refractivity contribution in [1.29, 1.82) is 0 Å². The zero-order valence-electron chi connectivity index (χ0n) is 12.4. The van der Waals surface area contributed by atoms with Gasteiger partial charge in [0, 0.05) is 31.3 Å². The van der Waals surface area contributed by atoms with Crippen molar-refractivity contribution in [3.63, 3.8) is 0 Å². The minimum Gasteiger partial charge on any atom is -0.385 e. The summed E-state index contributed by atoms with van der Waals surface area (Å²) in [7, 11) is 0. The van der Waals surface area contributed by atoms with Crippen LogP contribution in [0.4, 0.5) is 0 Å². The average Bonchev–Trinajstić information content (AvgIpc) is 2.88. The van der Waals surface area contributed by atoms with Crippen LogP contribution in [0.1, 0.15) is 32.3 Å². The van der Waals surface area contributed by atoms with Crippen LogP contribution in [-0.2, 0) is 5.60 Å². The van der Waals surface area contributed by atoms with Crippen molar-refractivity contribution >= 4 is 10.9 Å². The van der Waals surface area contributed by atoms with Crippen LogP contribution in [0.3, 0.4) is 0 Å². The van der Waals surface area contributed by atoms with Crippen molar-refractivity contribution in [3.05, 3.63) is 36.0 Å². The van der Waals surface area contributed by atoms with E-state index in [1.54, 1.807) is 0 Å². The van der Waals surface area contributed by atoms with Crippen molar-refractivity contribution in [2.75, 3.05) is 19.6 Å². The Morgan fingerprint density at radius 3 is 2.70 bits per heavy atom. The molecular formula is C17H24N2O. The van der Waals surface area contributed by atoms with Crippen LogP contribution in [0.5, 0.6) is 0 Å². The molecule has 0 saturated carbocycles. The SMILES string of the molecule is CC(C)CN1CCC(O)(c2ccc3[nH]ccc3c2)CC1. The topological polar surface area (TPSA) is 39.3 Å². The van der Waals surface area contributed by atoms with Gasteiger partial charge in [0.1, 0.15) is 0 Å². The number of H-pyrrole nitrogens is 1. The molecule has 1 aliphatic rings. The largest absolute Gasteiger partial charge is 0.385 e. The van der Waals surface area contributed by atoms with Gasteiger partial charge in [-0.05, 0) is 47.9 Å². The summed E-state index contributed by atoms with van der Waals surface area (Å²) >= 11 is 0. The van der Waals surface area contributed by atoms with Gasteiger partial charge < -0.3 is 15.0 Å². The van der Waals surface area contributed by atoms with Crippen molar-refractivity contribution in [1.82, 2.24) is 9.88 Å². The molecule has 0 bridgehead atoms. The van der Waals surface area contributed by atoms with Gasteiger partial charge in [0.25, 0.3) is 0 Å². The summed E-state index contributed by atoms with van der Waals surface area (Å²) in [6.45, 7) is 7.61. The number of hydrogen-bond donors (Lipinski definition) is 2. The monoisotopic (exact) mass is 272 g/mol. The molecule has 1 saturated heterocycles. The number of piperidine rings is 1. The Morgan fingerprint density at radius 1 is 1.25 bits per heavy atom. The third-order valence-electron chi connectivity index (χ3n) is 4.40. The summed E-state index contributed by atoms with van der Waals surface area (Å²) in [5.74, 6) is 0.692. The standard InChI is InChI=1S/C17H24N2O/c1-13(2)12-19-9-6-17(20,7-10-19)15-3-4-16-14(11-15)5-8-18-16/h3-5,8,11,13,18,20H,6-7,9-10,12H2,1-2H3. The van der Waals surface area contributed by atoms with Gasteiger partial charge in [-0.2, -0.15) is 0 Å². The molecule has 3 nitrogen and oxygen atoms in total. The van der Waals surface area contributed by atoms with E-state index in [1.165, 1.54) is 5.39 Å². The van der Waals surface area contributed by atoms with Gasteiger partial charge in [-0.15, -0.1) is 0 Å². The quantitative estimate of drug-likeness (QED) is 0.901. The van der Waals surface area contributed by atoms with Crippen molar-refractivity contribution in [3.8, 4) is 0 Å². The fourth-order valence-corrected chi connectivity index (χ4v) is 3.25. The highest BCUT2D eigenvalue weighted by atomic mass is 16.3. The van der Waals surface area contributed by atoms with E-state index in [0.29, 0.717) is 5.92 Å². The first-order chi connectivity index (χ1) is 9.57. The number of nitrogens with zero attached hydrogens (tertiary/aromatic N) is 1. The van der Waals surface area contributed by atoms with Crippen LogP contribution in [0.25, 0.3) is 10.9 Å². The highest BCUT2D eigenvalue weighted by Gasteiger charge is 2.34. The Hall–Kier alpha value is -1.32. The number of fused-ring (bicyclic) bond motifs is 1. The molecule has 3 rings (SSSR count).